The van der Waals surface area contributed by atoms with Crippen molar-refractivity contribution < 1.29 is 14.4 Å². The quantitative estimate of drug-likeness (QED) is 0.574. The van der Waals surface area contributed by atoms with Crippen molar-refractivity contribution >= 4 is 23.8 Å². The van der Waals surface area contributed by atoms with Gasteiger partial charge in [0.1, 0.15) is 6.29 Å². The summed E-state index contributed by atoms with van der Waals surface area (Å²) in [6.07, 6.45) is 0.696. The Labute approximate surface area is 99.2 Å². The molecule has 0 aliphatic carbocycles. The van der Waals surface area contributed by atoms with Gasteiger partial charge in [-0.1, -0.05) is 26.0 Å². The molecule has 0 saturated carbocycles. The minimum absolute atomic E-state index is 0.203. The van der Waals surface area contributed by atoms with Crippen LogP contribution in [0.2, 0.25) is 0 Å². The van der Waals surface area contributed by atoms with E-state index in [2.05, 4.69) is 0 Å². The molecule has 1 aliphatic rings. The summed E-state index contributed by atoms with van der Waals surface area (Å²) in [4.78, 5) is 35.7. The summed E-state index contributed by atoms with van der Waals surface area (Å²) in [6, 6.07) is 6.50. The molecular weight excluding hydrogens is 218 g/mol. The van der Waals surface area contributed by atoms with Crippen LogP contribution in [0.5, 0.6) is 0 Å². The summed E-state index contributed by atoms with van der Waals surface area (Å²) in [7, 11) is 0. The van der Waals surface area contributed by atoms with E-state index in [1.165, 1.54) is 4.90 Å². The van der Waals surface area contributed by atoms with Crippen LogP contribution in [0.4, 0.5) is 5.69 Å². The SMILES string of the molecule is CC1C(=O)N(c2cccc(C=O)c2)C(=O)C1C. The first-order valence-electron chi connectivity index (χ1n) is 5.49. The summed E-state index contributed by atoms with van der Waals surface area (Å²) >= 11 is 0. The van der Waals surface area contributed by atoms with Crippen LogP contribution in [-0.4, -0.2) is 18.1 Å². The highest BCUT2D eigenvalue weighted by molar-refractivity contribution is 6.21. The van der Waals surface area contributed by atoms with Crippen molar-refractivity contribution in [2.75, 3.05) is 4.90 Å². The lowest BCUT2D eigenvalue weighted by Crippen LogP contribution is -2.30. The number of amides is 2. The summed E-state index contributed by atoms with van der Waals surface area (Å²) in [5.74, 6) is -1.01. The summed E-state index contributed by atoms with van der Waals surface area (Å²) < 4.78 is 0. The van der Waals surface area contributed by atoms with E-state index in [4.69, 9.17) is 0 Å². The number of nitrogens with zero attached hydrogens (tertiary/aromatic N) is 1. The van der Waals surface area contributed by atoms with Crippen molar-refractivity contribution in [2.45, 2.75) is 13.8 Å². The van der Waals surface area contributed by atoms with Crippen molar-refractivity contribution in [3.63, 3.8) is 0 Å². The lowest BCUT2D eigenvalue weighted by molar-refractivity contribution is -0.122. The number of hydrogen-bond donors (Lipinski definition) is 0. The third-order valence-electron chi connectivity index (χ3n) is 3.23. The first kappa shape index (κ1) is 11.5. The van der Waals surface area contributed by atoms with E-state index >= 15 is 0 Å². The highest BCUT2D eigenvalue weighted by Crippen LogP contribution is 2.30. The van der Waals surface area contributed by atoms with Crippen LogP contribution in [0.25, 0.3) is 0 Å². The van der Waals surface area contributed by atoms with Crippen LogP contribution in [0, 0.1) is 11.8 Å². The zero-order chi connectivity index (χ0) is 12.6. The number of imide groups is 1. The molecule has 1 heterocycles. The second kappa shape index (κ2) is 4.13. The predicted molar refractivity (Wildman–Crippen MR) is 62.7 cm³/mol. The number of benzene rings is 1. The van der Waals surface area contributed by atoms with Gasteiger partial charge in [0.15, 0.2) is 0 Å². The average molecular weight is 231 g/mol. The Morgan fingerprint density at radius 2 is 1.71 bits per heavy atom. The zero-order valence-corrected chi connectivity index (χ0v) is 9.71. The first-order chi connectivity index (χ1) is 8.06. The van der Waals surface area contributed by atoms with E-state index in [0.29, 0.717) is 17.5 Å². The normalized spacial score (nSPS) is 24.2. The number of hydrogen-bond acceptors (Lipinski definition) is 3. The number of carbonyl (C=O) groups excluding carboxylic acids is 3. The number of anilines is 1. The largest absolute Gasteiger partial charge is 0.298 e. The van der Waals surface area contributed by atoms with Gasteiger partial charge in [0.25, 0.3) is 0 Å². The van der Waals surface area contributed by atoms with Gasteiger partial charge in [-0.05, 0) is 12.1 Å². The Balaban J connectivity index is 2.43. The molecule has 1 aromatic carbocycles. The molecule has 88 valence electrons. The van der Waals surface area contributed by atoms with Gasteiger partial charge in [0, 0.05) is 17.4 Å². The van der Waals surface area contributed by atoms with Crippen molar-refractivity contribution in [1.82, 2.24) is 0 Å². The third kappa shape index (κ3) is 1.75. The zero-order valence-electron chi connectivity index (χ0n) is 9.71. The van der Waals surface area contributed by atoms with Gasteiger partial charge in [0.05, 0.1) is 5.69 Å². The maximum atomic E-state index is 11.9. The summed E-state index contributed by atoms with van der Waals surface area (Å²) in [5, 5.41) is 0. The topological polar surface area (TPSA) is 54.5 Å². The molecule has 0 N–H and O–H groups in total. The van der Waals surface area contributed by atoms with Crippen LogP contribution >= 0.6 is 0 Å². The van der Waals surface area contributed by atoms with E-state index in [0.717, 1.165) is 0 Å². The van der Waals surface area contributed by atoms with Crippen molar-refractivity contribution in [3.8, 4) is 0 Å². The molecule has 2 rings (SSSR count). The Morgan fingerprint density at radius 3 is 2.24 bits per heavy atom. The van der Waals surface area contributed by atoms with Crippen LogP contribution in [-0.2, 0) is 9.59 Å². The van der Waals surface area contributed by atoms with E-state index in [-0.39, 0.29) is 23.7 Å². The minimum atomic E-state index is -0.303. The molecule has 4 nitrogen and oxygen atoms in total. The van der Waals surface area contributed by atoms with E-state index in [1.54, 1.807) is 38.1 Å². The van der Waals surface area contributed by atoms with E-state index in [1.807, 2.05) is 0 Å². The van der Waals surface area contributed by atoms with Gasteiger partial charge in [-0.25, -0.2) is 0 Å². The van der Waals surface area contributed by atoms with Crippen LogP contribution in [0.15, 0.2) is 24.3 Å². The van der Waals surface area contributed by atoms with Gasteiger partial charge >= 0.3 is 0 Å². The Morgan fingerprint density at radius 1 is 1.12 bits per heavy atom. The molecule has 17 heavy (non-hydrogen) atoms. The Bertz CT molecular complexity index is 475. The van der Waals surface area contributed by atoms with Gasteiger partial charge in [-0.2, -0.15) is 0 Å². The average Bonchev–Trinajstić information content (AvgIpc) is 2.54. The molecule has 2 atom stereocenters. The Hall–Kier alpha value is -1.97. The maximum Gasteiger partial charge on any atom is 0.237 e. The molecule has 4 heteroatoms. The fourth-order valence-electron chi connectivity index (χ4n) is 1.94. The highest BCUT2D eigenvalue weighted by Gasteiger charge is 2.42. The first-order valence-corrected chi connectivity index (χ1v) is 5.49. The molecule has 2 amide bonds. The molecule has 0 spiro atoms. The molecule has 2 unspecified atom stereocenters. The van der Waals surface area contributed by atoms with E-state index in [9.17, 15) is 14.4 Å². The standard InChI is InChI=1S/C13H13NO3/c1-8-9(2)13(17)14(12(8)16)11-5-3-4-10(6-11)7-15/h3-9H,1-2H3. The van der Waals surface area contributed by atoms with Gasteiger partial charge in [-0.3, -0.25) is 19.3 Å². The number of carbonyl (C=O) groups is 3. The molecular formula is C13H13NO3. The fourth-order valence-corrected chi connectivity index (χ4v) is 1.94. The molecule has 0 bridgehead atoms. The second-order valence-electron chi connectivity index (χ2n) is 4.30. The maximum absolute atomic E-state index is 11.9. The van der Waals surface area contributed by atoms with Gasteiger partial charge in [-0.15, -0.1) is 0 Å². The van der Waals surface area contributed by atoms with Crippen LogP contribution < -0.4 is 4.90 Å². The van der Waals surface area contributed by atoms with Gasteiger partial charge in [0.2, 0.25) is 11.8 Å². The van der Waals surface area contributed by atoms with Crippen molar-refractivity contribution in [1.29, 1.82) is 0 Å². The minimum Gasteiger partial charge on any atom is -0.298 e. The monoisotopic (exact) mass is 231 g/mol. The molecule has 1 aromatic rings. The van der Waals surface area contributed by atoms with Gasteiger partial charge < -0.3 is 0 Å². The van der Waals surface area contributed by atoms with E-state index < -0.39 is 0 Å². The fraction of sp³-hybridized carbons (Fsp3) is 0.308. The smallest absolute Gasteiger partial charge is 0.237 e. The third-order valence-corrected chi connectivity index (χ3v) is 3.23. The molecule has 1 fully saturated rings. The predicted octanol–water partition coefficient (Wildman–Crippen LogP) is 1.64. The summed E-state index contributed by atoms with van der Waals surface area (Å²) in [6.45, 7) is 3.49. The Kier molecular flexibility index (Phi) is 2.79. The van der Waals surface area contributed by atoms with Crippen LogP contribution in [0.3, 0.4) is 0 Å². The van der Waals surface area contributed by atoms with Crippen molar-refractivity contribution in [3.05, 3.63) is 29.8 Å². The highest BCUT2D eigenvalue weighted by atomic mass is 16.2. The molecule has 0 radical (unpaired) electrons. The molecule has 1 saturated heterocycles. The lowest BCUT2D eigenvalue weighted by Gasteiger charge is -2.14. The van der Waals surface area contributed by atoms with Crippen LogP contribution in [0.1, 0.15) is 24.2 Å². The molecule has 0 aromatic heterocycles. The number of rotatable bonds is 2. The second-order valence-corrected chi connectivity index (χ2v) is 4.30. The number of aldehydes is 1. The lowest BCUT2D eigenvalue weighted by atomic mass is 10.00. The molecule has 1 aliphatic heterocycles. The summed E-state index contributed by atoms with van der Waals surface area (Å²) in [5.41, 5.74) is 0.927. The van der Waals surface area contributed by atoms with Crippen molar-refractivity contribution in [2.24, 2.45) is 11.8 Å².